The van der Waals surface area contributed by atoms with Crippen molar-refractivity contribution in [2.24, 2.45) is 11.3 Å². The lowest BCUT2D eigenvalue weighted by molar-refractivity contribution is 0.143. The fourth-order valence-corrected chi connectivity index (χ4v) is 3.43. The fourth-order valence-electron chi connectivity index (χ4n) is 3.43. The van der Waals surface area contributed by atoms with Crippen molar-refractivity contribution in [3.05, 3.63) is 35.9 Å². The Morgan fingerprint density at radius 2 is 1.89 bits per heavy atom. The van der Waals surface area contributed by atoms with Crippen molar-refractivity contribution in [3.63, 3.8) is 0 Å². The highest BCUT2D eigenvalue weighted by Gasteiger charge is 2.57. The molecule has 2 atom stereocenters. The maximum atomic E-state index is 5.55. The topological polar surface area (TPSA) is 9.23 Å². The molecule has 1 nitrogen and oxygen atoms in total. The quantitative estimate of drug-likeness (QED) is 0.653. The SMILES string of the molecule is c1ccc(CCCCCCC23COCC2C3)cc1. The Bertz CT molecular complexity index is 372. The second-order valence-electron chi connectivity index (χ2n) is 6.18. The van der Waals surface area contributed by atoms with Crippen LogP contribution in [0.5, 0.6) is 0 Å². The Kier molecular flexibility index (Phi) is 3.69. The van der Waals surface area contributed by atoms with Gasteiger partial charge in [0.1, 0.15) is 0 Å². The van der Waals surface area contributed by atoms with Crippen molar-refractivity contribution in [1.29, 1.82) is 0 Å². The maximum absolute atomic E-state index is 5.55. The van der Waals surface area contributed by atoms with Crippen molar-refractivity contribution in [1.82, 2.24) is 0 Å². The number of rotatable bonds is 7. The van der Waals surface area contributed by atoms with Gasteiger partial charge in [0.15, 0.2) is 0 Å². The van der Waals surface area contributed by atoms with Crippen molar-refractivity contribution >= 4 is 0 Å². The summed E-state index contributed by atoms with van der Waals surface area (Å²) in [5, 5.41) is 0. The molecule has 18 heavy (non-hydrogen) atoms. The van der Waals surface area contributed by atoms with Crippen LogP contribution < -0.4 is 0 Å². The van der Waals surface area contributed by atoms with E-state index in [9.17, 15) is 0 Å². The Labute approximate surface area is 111 Å². The van der Waals surface area contributed by atoms with E-state index in [4.69, 9.17) is 4.74 Å². The first kappa shape index (κ1) is 12.2. The van der Waals surface area contributed by atoms with Crippen molar-refractivity contribution in [2.45, 2.75) is 44.9 Å². The fraction of sp³-hybridized carbons (Fsp3) is 0.647. The third-order valence-electron chi connectivity index (χ3n) is 4.80. The van der Waals surface area contributed by atoms with Crippen LogP contribution in [-0.4, -0.2) is 13.2 Å². The average Bonchev–Trinajstić information content (AvgIpc) is 2.96. The van der Waals surface area contributed by atoms with E-state index >= 15 is 0 Å². The molecule has 1 heterocycles. The molecule has 0 bridgehead atoms. The normalized spacial score (nSPS) is 29.2. The van der Waals surface area contributed by atoms with Crippen molar-refractivity contribution in [2.75, 3.05) is 13.2 Å². The molecular formula is C17H24O. The van der Waals surface area contributed by atoms with Crippen molar-refractivity contribution in [3.8, 4) is 0 Å². The molecule has 1 aliphatic heterocycles. The Balaban J connectivity index is 1.25. The molecule has 1 aromatic rings. The highest BCUT2D eigenvalue weighted by Crippen LogP contribution is 2.59. The van der Waals surface area contributed by atoms with E-state index < -0.39 is 0 Å². The molecule has 3 rings (SSSR count). The molecule has 2 aliphatic rings. The molecule has 0 N–H and O–H groups in total. The summed E-state index contributed by atoms with van der Waals surface area (Å²) in [6.45, 7) is 2.11. The van der Waals surface area contributed by atoms with Gasteiger partial charge in [-0.3, -0.25) is 0 Å². The van der Waals surface area contributed by atoms with Gasteiger partial charge in [0, 0.05) is 0 Å². The first-order valence-corrected chi connectivity index (χ1v) is 7.51. The van der Waals surface area contributed by atoms with Gasteiger partial charge in [-0.2, -0.15) is 0 Å². The zero-order chi connectivity index (χ0) is 12.3. The van der Waals surface area contributed by atoms with Crippen LogP contribution in [0.4, 0.5) is 0 Å². The Morgan fingerprint density at radius 1 is 1.06 bits per heavy atom. The molecule has 98 valence electrons. The largest absolute Gasteiger partial charge is 0.381 e. The van der Waals surface area contributed by atoms with Gasteiger partial charge in [-0.1, -0.05) is 49.6 Å². The summed E-state index contributed by atoms with van der Waals surface area (Å²) >= 11 is 0. The van der Waals surface area contributed by atoms with Crippen LogP contribution >= 0.6 is 0 Å². The number of hydrogen-bond acceptors (Lipinski definition) is 1. The van der Waals surface area contributed by atoms with Gasteiger partial charge in [-0.25, -0.2) is 0 Å². The molecule has 0 spiro atoms. The number of fused-ring (bicyclic) bond motifs is 1. The number of aryl methyl sites for hydroxylation is 1. The van der Waals surface area contributed by atoms with E-state index in [0.29, 0.717) is 5.41 Å². The van der Waals surface area contributed by atoms with Gasteiger partial charge in [0.05, 0.1) is 13.2 Å². The molecule has 1 aromatic carbocycles. The summed E-state index contributed by atoms with van der Waals surface area (Å²) < 4.78 is 5.55. The van der Waals surface area contributed by atoms with Gasteiger partial charge < -0.3 is 4.74 Å². The Morgan fingerprint density at radius 3 is 2.61 bits per heavy atom. The molecule has 2 fully saturated rings. The van der Waals surface area contributed by atoms with Gasteiger partial charge in [-0.15, -0.1) is 0 Å². The predicted molar refractivity (Wildman–Crippen MR) is 74.6 cm³/mol. The van der Waals surface area contributed by atoms with E-state index in [0.717, 1.165) is 19.1 Å². The minimum absolute atomic E-state index is 0.652. The number of unbranched alkanes of at least 4 members (excludes halogenated alkanes) is 3. The van der Waals surface area contributed by atoms with Gasteiger partial charge >= 0.3 is 0 Å². The summed E-state index contributed by atoms with van der Waals surface area (Å²) in [4.78, 5) is 0. The Hall–Kier alpha value is -0.820. The molecule has 1 aliphatic carbocycles. The molecule has 0 radical (unpaired) electrons. The first-order chi connectivity index (χ1) is 8.89. The van der Waals surface area contributed by atoms with E-state index in [1.807, 2.05) is 0 Å². The number of benzene rings is 1. The van der Waals surface area contributed by atoms with E-state index in [1.165, 1.54) is 50.5 Å². The summed E-state index contributed by atoms with van der Waals surface area (Å²) in [7, 11) is 0. The molecule has 1 heteroatoms. The monoisotopic (exact) mass is 244 g/mol. The molecule has 0 amide bonds. The maximum Gasteiger partial charge on any atom is 0.0526 e. The lowest BCUT2D eigenvalue weighted by Crippen LogP contribution is -2.04. The summed E-state index contributed by atoms with van der Waals surface area (Å²) in [6, 6.07) is 10.9. The first-order valence-electron chi connectivity index (χ1n) is 7.51. The summed E-state index contributed by atoms with van der Waals surface area (Å²) in [5.41, 5.74) is 2.14. The van der Waals surface area contributed by atoms with E-state index in [1.54, 1.807) is 0 Å². The van der Waals surface area contributed by atoms with Crippen LogP contribution in [-0.2, 0) is 11.2 Å². The van der Waals surface area contributed by atoms with Crippen molar-refractivity contribution < 1.29 is 4.74 Å². The smallest absolute Gasteiger partial charge is 0.0526 e. The molecule has 0 aromatic heterocycles. The highest BCUT2D eigenvalue weighted by molar-refractivity contribution is 5.14. The second kappa shape index (κ2) is 5.44. The zero-order valence-electron chi connectivity index (χ0n) is 11.2. The van der Waals surface area contributed by atoms with Gasteiger partial charge in [-0.05, 0) is 42.6 Å². The van der Waals surface area contributed by atoms with Crippen LogP contribution in [0, 0.1) is 11.3 Å². The third kappa shape index (κ3) is 2.77. The van der Waals surface area contributed by atoms with Gasteiger partial charge in [0.25, 0.3) is 0 Å². The molecular weight excluding hydrogens is 220 g/mol. The summed E-state index contributed by atoms with van der Waals surface area (Å²) in [5.74, 6) is 0.932. The van der Waals surface area contributed by atoms with Crippen LogP contribution in [0.3, 0.4) is 0 Å². The summed E-state index contributed by atoms with van der Waals surface area (Å²) in [6.07, 6.45) is 9.67. The molecule has 1 saturated heterocycles. The minimum atomic E-state index is 0.652. The predicted octanol–water partition coefficient (Wildman–Crippen LogP) is 4.22. The number of ether oxygens (including phenoxy) is 1. The average molecular weight is 244 g/mol. The van der Waals surface area contributed by atoms with E-state index in [2.05, 4.69) is 30.3 Å². The molecule has 2 unspecified atom stereocenters. The molecule has 1 saturated carbocycles. The van der Waals surface area contributed by atoms with Gasteiger partial charge in [0.2, 0.25) is 0 Å². The van der Waals surface area contributed by atoms with Crippen LogP contribution in [0.2, 0.25) is 0 Å². The van der Waals surface area contributed by atoms with Crippen LogP contribution in [0.25, 0.3) is 0 Å². The second-order valence-corrected chi connectivity index (χ2v) is 6.18. The number of hydrogen-bond donors (Lipinski definition) is 0. The third-order valence-corrected chi connectivity index (χ3v) is 4.80. The standard InChI is InChI=1S/C17H24O/c1(4-8-15-9-5-3-6-10-15)2-7-11-17-12-16(17)13-18-14-17/h3,5-6,9-10,16H,1-2,4,7-8,11-14H2. The lowest BCUT2D eigenvalue weighted by Gasteiger charge is -2.10. The van der Waals surface area contributed by atoms with E-state index in [-0.39, 0.29) is 0 Å². The zero-order valence-corrected chi connectivity index (χ0v) is 11.2. The van der Waals surface area contributed by atoms with Crippen LogP contribution in [0.15, 0.2) is 30.3 Å². The van der Waals surface area contributed by atoms with Crippen LogP contribution in [0.1, 0.15) is 44.1 Å². The lowest BCUT2D eigenvalue weighted by atomic mass is 9.97. The highest BCUT2D eigenvalue weighted by atomic mass is 16.5. The minimum Gasteiger partial charge on any atom is -0.381 e.